The summed E-state index contributed by atoms with van der Waals surface area (Å²) in [5, 5.41) is 11.1. The molecule has 0 radical (unpaired) electrons. The Kier molecular flexibility index (Phi) is 4.93. The van der Waals surface area contributed by atoms with E-state index in [1.807, 2.05) is 79.7 Å². The number of allylic oxidation sites excluding steroid dienone is 2. The molecule has 5 rings (SSSR count). The minimum atomic E-state index is -1.00. The van der Waals surface area contributed by atoms with Gasteiger partial charge in [-0.05, 0) is 30.2 Å². The van der Waals surface area contributed by atoms with Crippen molar-refractivity contribution in [2.75, 3.05) is 4.90 Å². The van der Waals surface area contributed by atoms with Crippen LogP contribution in [-0.4, -0.2) is 16.7 Å². The fourth-order valence-electron chi connectivity index (χ4n) is 5.33. The third kappa shape index (κ3) is 3.18. The molecule has 0 bridgehead atoms. The molecule has 1 aliphatic carbocycles. The minimum Gasteiger partial charge on any atom is -0.274 e. The topological polar surface area (TPSA) is 80.5 Å². The van der Waals surface area contributed by atoms with Crippen LogP contribution in [0.3, 0.4) is 0 Å². The fraction of sp³-hybridized carbons (Fsp3) is 0.185. The number of nitro groups is 1. The van der Waals surface area contributed by atoms with Crippen molar-refractivity contribution in [2.24, 2.45) is 11.3 Å². The van der Waals surface area contributed by atoms with Crippen LogP contribution in [0.4, 0.5) is 11.4 Å². The van der Waals surface area contributed by atoms with Gasteiger partial charge in [0.1, 0.15) is 0 Å². The quantitative estimate of drug-likeness (QED) is 0.242. The maximum Gasteiger partial charge on any atom is 0.269 e. The van der Waals surface area contributed by atoms with Crippen molar-refractivity contribution in [3.63, 3.8) is 0 Å². The van der Waals surface area contributed by atoms with E-state index in [1.165, 1.54) is 29.2 Å². The summed E-state index contributed by atoms with van der Waals surface area (Å²) in [7, 11) is 0. The zero-order chi connectivity index (χ0) is 23.2. The number of anilines is 1. The average Bonchev–Trinajstić information content (AvgIpc) is 3.05. The van der Waals surface area contributed by atoms with Crippen LogP contribution in [0, 0.1) is 21.4 Å². The van der Waals surface area contributed by atoms with E-state index < -0.39 is 16.3 Å². The predicted molar refractivity (Wildman–Crippen MR) is 125 cm³/mol. The number of nitrogens with zero attached hydrogens (tertiary/aromatic N) is 2. The highest BCUT2D eigenvalue weighted by molar-refractivity contribution is 6.24. The summed E-state index contributed by atoms with van der Waals surface area (Å²) in [6.07, 6.45) is 4.10. The van der Waals surface area contributed by atoms with Gasteiger partial charge in [-0.1, -0.05) is 72.8 Å². The van der Waals surface area contributed by atoms with Crippen LogP contribution in [0.1, 0.15) is 29.9 Å². The number of imide groups is 1. The van der Waals surface area contributed by atoms with Gasteiger partial charge in [0, 0.05) is 24.0 Å². The van der Waals surface area contributed by atoms with Gasteiger partial charge < -0.3 is 0 Å². The summed E-state index contributed by atoms with van der Waals surface area (Å²) >= 11 is 0. The first-order chi connectivity index (χ1) is 15.9. The molecule has 1 aliphatic heterocycles. The van der Waals surface area contributed by atoms with Crippen LogP contribution in [0.5, 0.6) is 0 Å². The zero-order valence-corrected chi connectivity index (χ0v) is 18.0. The van der Waals surface area contributed by atoms with Crippen molar-refractivity contribution in [3.05, 3.63) is 118 Å². The first kappa shape index (κ1) is 20.8. The van der Waals surface area contributed by atoms with E-state index in [2.05, 4.69) is 0 Å². The molecule has 2 aliphatic rings. The third-order valence-electron chi connectivity index (χ3n) is 6.97. The summed E-state index contributed by atoms with van der Waals surface area (Å²) in [5.74, 6) is -1.70. The second-order valence-corrected chi connectivity index (χ2v) is 8.72. The number of amides is 2. The van der Waals surface area contributed by atoms with Gasteiger partial charge in [0.2, 0.25) is 11.8 Å². The van der Waals surface area contributed by atoms with Gasteiger partial charge >= 0.3 is 0 Å². The summed E-state index contributed by atoms with van der Waals surface area (Å²) < 4.78 is 0. The highest BCUT2D eigenvalue weighted by Gasteiger charge is 2.63. The monoisotopic (exact) mass is 438 g/mol. The number of rotatable bonds is 4. The molecule has 33 heavy (non-hydrogen) atoms. The van der Waals surface area contributed by atoms with Crippen LogP contribution in [0.25, 0.3) is 0 Å². The average molecular weight is 438 g/mol. The molecule has 6 nitrogen and oxygen atoms in total. The molecular weight excluding hydrogens is 416 g/mol. The van der Waals surface area contributed by atoms with Crippen LogP contribution < -0.4 is 4.90 Å². The predicted octanol–water partition coefficient (Wildman–Crippen LogP) is 5.23. The van der Waals surface area contributed by atoms with E-state index in [9.17, 15) is 19.7 Å². The van der Waals surface area contributed by atoms with E-state index >= 15 is 0 Å². The van der Waals surface area contributed by atoms with E-state index in [-0.39, 0.29) is 29.3 Å². The Morgan fingerprint density at radius 1 is 0.818 bits per heavy atom. The number of carbonyl (C=O) groups is 2. The lowest BCUT2D eigenvalue weighted by Crippen LogP contribution is -2.42. The Morgan fingerprint density at radius 2 is 1.39 bits per heavy atom. The van der Waals surface area contributed by atoms with Gasteiger partial charge in [0.05, 0.1) is 21.9 Å². The Bertz CT molecular complexity index is 1250. The number of benzene rings is 3. The van der Waals surface area contributed by atoms with Gasteiger partial charge in [-0.25, -0.2) is 4.90 Å². The summed E-state index contributed by atoms with van der Waals surface area (Å²) in [5.41, 5.74) is 1.20. The molecule has 0 N–H and O–H groups in total. The Hall–Kier alpha value is -4.06. The normalized spacial score (nSPS) is 26.3. The highest BCUT2D eigenvalue weighted by Crippen LogP contribution is 2.57. The van der Waals surface area contributed by atoms with Gasteiger partial charge in [-0.3, -0.25) is 19.7 Å². The van der Waals surface area contributed by atoms with E-state index in [1.54, 1.807) is 0 Å². The van der Waals surface area contributed by atoms with Crippen LogP contribution in [-0.2, 0) is 9.59 Å². The van der Waals surface area contributed by atoms with Crippen molar-refractivity contribution in [2.45, 2.75) is 18.8 Å². The number of hydrogen-bond acceptors (Lipinski definition) is 4. The molecule has 2 amide bonds. The van der Waals surface area contributed by atoms with E-state index in [0.29, 0.717) is 5.69 Å². The smallest absolute Gasteiger partial charge is 0.269 e. The van der Waals surface area contributed by atoms with Crippen molar-refractivity contribution >= 4 is 23.2 Å². The lowest BCUT2D eigenvalue weighted by Gasteiger charge is -2.41. The Balaban J connectivity index is 1.65. The number of non-ortho nitro benzene ring substituents is 1. The Labute approximate surface area is 191 Å². The molecule has 164 valence electrons. The second kappa shape index (κ2) is 7.81. The number of hydrogen-bond donors (Lipinski definition) is 0. The van der Waals surface area contributed by atoms with Crippen molar-refractivity contribution in [1.29, 1.82) is 0 Å². The molecule has 6 heteroatoms. The van der Waals surface area contributed by atoms with Crippen molar-refractivity contribution < 1.29 is 14.5 Å². The first-order valence-electron chi connectivity index (χ1n) is 10.8. The van der Waals surface area contributed by atoms with E-state index in [4.69, 9.17) is 0 Å². The molecular formula is C27H22N2O4. The number of nitro benzene ring substituents is 1. The molecule has 1 fully saturated rings. The Morgan fingerprint density at radius 3 is 1.97 bits per heavy atom. The van der Waals surface area contributed by atoms with Crippen LogP contribution in [0.15, 0.2) is 97.1 Å². The molecule has 1 heterocycles. The largest absolute Gasteiger partial charge is 0.274 e. The summed E-state index contributed by atoms with van der Waals surface area (Å²) in [6.45, 7) is 1.88. The SMILES string of the molecule is C[C@]12C(=O)N(c3ccc([N+](=O)[O-])cc3)C(=O)[C@@H]1[C@H](c1ccccc1)C=C[C@@H]2c1ccccc1. The fourth-order valence-corrected chi connectivity index (χ4v) is 5.33. The molecule has 0 spiro atoms. The number of carbonyl (C=O) groups excluding carboxylic acids is 2. The van der Waals surface area contributed by atoms with Crippen molar-refractivity contribution in [1.82, 2.24) is 0 Å². The molecule has 3 aromatic carbocycles. The van der Waals surface area contributed by atoms with Gasteiger partial charge in [0.25, 0.3) is 5.69 Å². The molecule has 3 aromatic rings. The van der Waals surface area contributed by atoms with Gasteiger partial charge in [0.15, 0.2) is 0 Å². The molecule has 4 atom stereocenters. The maximum atomic E-state index is 14.0. The number of fused-ring (bicyclic) bond motifs is 1. The molecule has 0 saturated carbocycles. The van der Waals surface area contributed by atoms with Crippen molar-refractivity contribution in [3.8, 4) is 0 Å². The second-order valence-electron chi connectivity index (χ2n) is 8.72. The molecule has 0 unspecified atom stereocenters. The standard InChI is InChI=1S/C27H22N2O4/c1-27-23(19-10-6-3-7-11-19)17-16-22(18-8-4-2-5-9-18)24(27)25(30)28(26(27)31)20-12-14-21(15-13-20)29(32)33/h2-17,22-24H,1H3/t22-,23+,24-,27+/m0/s1. The lowest BCUT2D eigenvalue weighted by molar-refractivity contribution is -0.384. The van der Waals surface area contributed by atoms with Crippen LogP contribution >= 0.6 is 0 Å². The van der Waals surface area contributed by atoms with E-state index in [0.717, 1.165) is 11.1 Å². The summed E-state index contributed by atoms with van der Waals surface area (Å²) in [4.78, 5) is 39.6. The lowest BCUT2D eigenvalue weighted by atomic mass is 9.58. The maximum absolute atomic E-state index is 14.0. The molecule has 1 saturated heterocycles. The van der Waals surface area contributed by atoms with Gasteiger partial charge in [-0.15, -0.1) is 0 Å². The third-order valence-corrected chi connectivity index (χ3v) is 6.97. The van der Waals surface area contributed by atoms with Gasteiger partial charge in [-0.2, -0.15) is 0 Å². The summed E-state index contributed by atoms with van der Waals surface area (Å²) in [6, 6.07) is 25.1. The zero-order valence-electron chi connectivity index (χ0n) is 18.0. The highest BCUT2D eigenvalue weighted by atomic mass is 16.6. The first-order valence-corrected chi connectivity index (χ1v) is 10.8. The molecule has 0 aromatic heterocycles. The minimum absolute atomic E-state index is 0.0903. The van der Waals surface area contributed by atoms with Crippen LogP contribution in [0.2, 0.25) is 0 Å².